The maximum atomic E-state index is 2.25. The average molecular weight is 248 g/mol. The van der Waals surface area contributed by atoms with Crippen molar-refractivity contribution in [3.8, 4) is 0 Å². The van der Waals surface area contributed by atoms with E-state index in [9.17, 15) is 0 Å². The van der Waals surface area contributed by atoms with Gasteiger partial charge in [-0.25, -0.2) is 0 Å². The topological polar surface area (TPSA) is 0 Å². The predicted molar refractivity (Wildman–Crippen MR) is 76.5 cm³/mol. The predicted octanol–water partition coefficient (Wildman–Crippen LogP) is 5.21. The molecule has 0 saturated heterocycles. The van der Waals surface area contributed by atoms with Crippen molar-refractivity contribution < 1.29 is 0 Å². The number of hydrogen-bond donors (Lipinski definition) is 0. The Bertz CT molecular complexity index is 479. The Labute approximate surface area is 105 Å². The van der Waals surface area contributed by atoms with E-state index >= 15 is 0 Å². The third kappa shape index (κ3) is 2.45. The lowest BCUT2D eigenvalue weighted by Gasteiger charge is -1.90. The van der Waals surface area contributed by atoms with Crippen molar-refractivity contribution in [2.45, 2.75) is 27.7 Å². The van der Waals surface area contributed by atoms with Gasteiger partial charge in [-0.05, 0) is 63.1 Å². The summed E-state index contributed by atoms with van der Waals surface area (Å²) in [4.78, 5) is 5.53. The van der Waals surface area contributed by atoms with Crippen LogP contribution in [-0.4, -0.2) is 0 Å². The van der Waals surface area contributed by atoms with E-state index in [2.05, 4.69) is 52.0 Å². The Hall–Kier alpha value is -0.860. The van der Waals surface area contributed by atoms with Gasteiger partial charge in [0.15, 0.2) is 0 Å². The number of hydrogen-bond acceptors (Lipinski definition) is 2. The van der Waals surface area contributed by atoms with Crippen LogP contribution in [0.1, 0.15) is 30.6 Å². The monoisotopic (exact) mass is 248 g/mol. The van der Waals surface area contributed by atoms with Gasteiger partial charge in [-0.2, -0.15) is 0 Å². The SMILES string of the molecule is Cc1cc(C)c(/C=C/c2sc(C)cc2C)s1. The van der Waals surface area contributed by atoms with Crippen molar-refractivity contribution in [1.29, 1.82) is 0 Å². The van der Waals surface area contributed by atoms with E-state index < -0.39 is 0 Å². The molecule has 0 amide bonds. The quantitative estimate of drug-likeness (QED) is 0.684. The Kier molecular flexibility index (Phi) is 3.31. The van der Waals surface area contributed by atoms with Crippen LogP contribution >= 0.6 is 22.7 Å². The maximum absolute atomic E-state index is 2.25. The highest BCUT2D eigenvalue weighted by Gasteiger charge is 2.01. The van der Waals surface area contributed by atoms with Gasteiger partial charge in [-0.3, -0.25) is 0 Å². The van der Waals surface area contributed by atoms with Gasteiger partial charge < -0.3 is 0 Å². The molecule has 0 atom stereocenters. The molecule has 2 heteroatoms. The molecule has 0 aromatic carbocycles. The van der Waals surface area contributed by atoms with Crippen LogP contribution in [0, 0.1) is 27.7 Å². The summed E-state index contributed by atoms with van der Waals surface area (Å²) in [5.74, 6) is 0. The summed E-state index contributed by atoms with van der Waals surface area (Å²) in [5, 5.41) is 0. The lowest BCUT2D eigenvalue weighted by molar-refractivity contribution is 1.49. The molecule has 2 rings (SSSR count). The van der Waals surface area contributed by atoms with Crippen LogP contribution in [0.15, 0.2) is 12.1 Å². The van der Waals surface area contributed by atoms with Crippen molar-refractivity contribution in [1.82, 2.24) is 0 Å². The second-order valence-corrected chi connectivity index (χ2v) is 6.72. The normalized spacial score (nSPS) is 11.5. The summed E-state index contributed by atoms with van der Waals surface area (Å²) in [6.07, 6.45) is 4.48. The van der Waals surface area contributed by atoms with E-state index in [0.29, 0.717) is 0 Å². The molecule has 0 bridgehead atoms. The van der Waals surface area contributed by atoms with Gasteiger partial charge in [0.25, 0.3) is 0 Å². The van der Waals surface area contributed by atoms with E-state index in [1.54, 1.807) is 0 Å². The van der Waals surface area contributed by atoms with E-state index in [4.69, 9.17) is 0 Å². The summed E-state index contributed by atoms with van der Waals surface area (Å²) in [7, 11) is 0. The molecular weight excluding hydrogens is 232 g/mol. The zero-order valence-electron chi connectivity index (χ0n) is 10.1. The van der Waals surface area contributed by atoms with Crippen LogP contribution in [0.2, 0.25) is 0 Å². The summed E-state index contributed by atoms with van der Waals surface area (Å²) < 4.78 is 0. The summed E-state index contributed by atoms with van der Waals surface area (Å²) in [6.45, 7) is 8.68. The van der Waals surface area contributed by atoms with Gasteiger partial charge in [0.1, 0.15) is 0 Å². The van der Waals surface area contributed by atoms with E-state index in [-0.39, 0.29) is 0 Å². The zero-order valence-corrected chi connectivity index (χ0v) is 11.8. The summed E-state index contributed by atoms with van der Waals surface area (Å²) in [5.41, 5.74) is 2.76. The Morgan fingerprint density at radius 3 is 1.38 bits per heavy atom. The van der Waals surface area contributed by atoms with E-state index in [1.807, 2.05) is 22.7 Å². The molecule has 0 spiro atoms. The van der Waals surface area contributed by atoms with Gasteiger partial charge in [0.05, 0.1) is 0 Å². The first-order chi connectivity index (χ1) is 7.56. The first kappa shape index (κ1) is 11.6. The summed E-state index contributed by atoms with van der Waals surface area (Å²) in [6, 6.07) is 4.49. The molecule has 0 aliphatic heterocycles. The molecule has 0 saturated carbocycles. The summed E-state index contributed by atoms with van der Waals surface area (Å²) >= 11 is 3.73. The van der Waals surface area contributed by atoms with Gasteiger partial charge in [0, 0.05) is 19.5 Å². The van der Waals surface area contributed by atoms with Crippen LogP contribution < -0.4 is 0 Å². The van der Waals surface area contributed by atoms with Crippen molar-refractivity contribution in [2.75, 3.05) is 0 Å². The number of thiophene rings is 2. The Morgan fingerprint density at radius 1 is 0.750 bits per heavy atom. The second-order valence-electron chi connectivity index (χ2n) is 4.14. The fourth-order valence-corrected chi connectivity index (χ4v) is 3.68. The van der Waals surface area contributed by atoms with Gasteiger partial charge >= 0.3 is 0 Å². The molecule has 0 aliphatic rings. The molecule has 0 unspecified atom stereocenters. The van der Waals surface area contributed by atoms with Gasteiger partial charge in [0.2, 0.25) is 0 Å². The van der Waals surface area contributed by atoms with E-state index in [0.717, 1.165) is 0 Å². The molecule has 0 aliphatic carbocycles. The first-order valence-electron chi connectivity index (χ1n) is 5.38. The molecular formula is C14H16S2. The standard InChI is InChI=1S/C14H16S2/c1-9-7-11(3)15-13(9)5-6-14-10(2)8-12(4)16-14/h5-8H,1-4H3/b6-5+. The first-order valence-corrected chi connectivity index (χ1v) is 7.01. The molecule has 0 N–H and O–H groups in total. The van der Waals surface area contributed by atoms with Crippen molar-refractivity contribution in [2.24, 2.45) is 0 Å². The highest BCUT2D eigenvalue weighted by molar-refractivity contribution is 7.13. The van der Waals surface area contributed by atoms with Crippen LogP contribution in [0.4, 0.5) is 0 Å². The highest BCUT2D eigenvalue weighted by atomic mass is 32.1. The molecule has 84 valence electrons. The smallest absolute Gasteiger partial charge is 0.0302 e. The minimum atomic E-state index is 1.38. The highest BCUT2D eigenvalue weighted by Crippen LogP contribution is 2.26. The molecule has 2 aromatic rings. The largest absolute Gasteiger partial charge is 0.141 e. The molecule has 0 nitrogen and oxygen atoms in total. The van der Waals surface area contributed by atoms with Gasteiger partial charge in [-0.15, -0.1) is 22.7 Å². The zero-order chi connectivity index (χ0) is 11.7. The van der Waals surface area contributed by atoms with Crippen molar-refractivity contribution in [3.63, 3.8) is 0 Å². The lowest BCUT2D eigenvalue weighted by Crippen LogP contribution is -1.69. The van der Waals surface area contributed by atoms with Gasteiger partial charge in [-0.1, -0.05) is 0 Å². The van der Waals surface area contributed by atoms with Crippen LogP contribution in [0.5, 0.6) is 0 Å². The maximum Gasteiger partial charge on any atom is 0.0302 e. The minimum absolute atomic E-state index is 1.38. The van der Waals surface area contributed by atoms with Crippen molar-refractivity contribution in [3.05, 3.63) is 42.8 Å². The third-order valence-electron chi connectivity index (χ3n) is 2.54. The van der Waals surface area contributed by atoms with Crippen molar-refractivity contribution >= 4 is 34.8 Å². The molecule has 2 aromatic heterocycles. The van der Waals surface area contributed by atoms with Crippen LogP contribution in [0.25, 0.3) is 12.2 Å². The van der Waals surface area contributed by atoms with Crippen LogP contribution in [0.3, 0.4) is 0 Å². The average Bonchev–Trinajstić information content (AvgIpc) is 2.66. The lowest BCUT2D eigenvalue weighted by atomic mass is 10.2. The molecule has 0 radical (unpaired) electrons. The van der Waals surface area contributed by atoms with E-state index in [1.165, 1.54) is 30.6 Å². The fourth-order valence-electron chi connectivity index (χ4n) is 1.80. The number of aryl methyl sites for hydroxylation is 4. The molecule has 16 heavy (non-hydrogen) atoms. The van der Waals surface area contributed by atoms with Crippen LogP contribution in [-0.2, 0) is 0 Å². The number of rotatable bonds is 2. The molecule has 2 heterocycles. The third-order valence-corrected chi connectivity index (χ3v) is 4.78. The Balaban J connectivity index is 2.27. The Morgan fingerprint density at radius 2 is 1.12 bits per heavy atom. The fraction of sp³-hybridized carbons (Fsp3) is 0.286. The second kappa shape index (κ2) is 4.56. The minimum Gasteiger partial charge on any atom is -0.141 e. The molecule has 0 fully saturated rings.